The van der Waals surface area contributed by atoms with Crippen LogP contribution in [0.25, 0.3) is 0 Å². The summed E-state index contributed by atoms with van der Waals surface area (Å²) in [4.78, 5) is 13.7. The molecule has 1 amide bonds. The maximum Gasteiger partial charge on any atom is 0.534 e. The molecule has 1 fully saturated rings. The van der Waals surface area contributed by atoms with E-state index in [0.29, 0.717) is 38.8 Å². The fourth-order valence-electron chi connectivity index (χ4n) is 3.13. The van der Waals surface area contributed by atoms with Gasteiger partial charge in [0, 0.05) is 38.4 Å². The monoisotopic (exact) mass is 406 g/mol. The molecule has 1 heterocycles. The van der Waals surface area contributed by atoms with Crippen LogP contribution in [0.1, 0.15) is 52.9 Å². The van der Waals surface area contributed by atoms with Crippen LogP contribution < -0.4 is 0 Å². The smallest absolute Gasteiger partial charge is 0.444 e. The molecule has 1 aliphatic heterocycles. The molecule has 0 unspecified atom stereocenters. The second kappa shape index (κ2) is 8.25. The van der Waals surface area contributed by atoms with Crippen molar-refractivity contribution in [2.24, 2.45) is 5.41 Å². The summed E-state index contributed by atoms with van der Waals surface area (Å²) in [5, 5.41) is 0. The summed E-state index contributed by atoms with van der Waals surface area (Å²) in [7, 11) is -5.61. The topological polar surface area (TPSA) is 72.9 Å². The predicted octanol–water partition coefficient (Wildman–Crippen LogP) is 3.56. The quantitative estimate of drug-likeness (QED) is 0.398. The first-order chi connectivity index (χ1) is 11.7. The number of likely N-dealkylation sites (tertiary alicyclic amines) is 1. The molecule has 1 saturated heterocycles. The molecular formula is C16H24F3LiNO5S. The van der Waals surface area contributed by atoms with Gasteiger partial charge in [-0.25, -0.2) is 4.79 Å². The van der Waals surface area contributed by atoms with Gasteiger partial charge < -0.3 is 13.8 Å². The second-order valence-corrected chi connectivity index (χ2v) is 9.36. The average molecular weight is 406 g/mol. The van der Waals surface area contributed by atoms with Crippen LogP contribution in [0.3, 0.4) is 0 Å². The summed E-state index contributed by atoms with van der Waals surface area (Å²) in [5.74, 6) is -0.164. The molecule has 1 aliphatic carbocycles. The number of nitrogens with zero attached hydrogens (tertiary/aromatic N) is 1. The number of piperidine rings is 1. The molecule has 0 N–H and O–H groups in total. The van der Waals surface area contributed by atoms with Crippen LogP contribution in [0.15, 0.2) is 11.8 Å². The minimum Gasteiger partial charge on any atom is -0.444 e. The maximum atomic E-state index is 12.4. The van der Waals surface area contributed by atoms with E-state index in [0.717, 1.165) is 0 Å². The number of hydrogen-bond donors (Lipinski definition) is 0. The van der Waals surface area contributed by atoms with Gasteiger partial charge in [-0.2, -0.15) is 21.6 Å². The van der Waals surface area contributed by atoms with Gasteiger partial charge in [-0.1, -0.05) is 0 Å². The van der Waals surface area contributed by atoms with Gasteiger partial charge in [0.05, 0.1) is 0 Å². The third-order valence-electron chi connectivity index (χ3n) is 4.64. The van der Waals surface area contributed by atoms with Crippen LogP contribution in [-0.2, 0) is 19.0 Å². The van der Waals surface area contributed by atoms with E-state index in [-0.39, 0.29) is 42.5 Å². The van der Waals surface area contributed by atoms with Crippen molar-refractivity contribution in [1.29, 1.82) is 0 Å². The molecule has 6 nitrogen and oxygen atoms in total. The zero-order valence-electron chi connectivity index (χ0n) is 16.1. The Hall–Kier alpha value is -0.853. The first-order valence-corrected chi connectivity index (χ1v) is 9.82. The zero-order valence-corrected chi connectivity index (χ0v) is 16.9. The van der Waals surface area contributed by atoms with Crippen LogP contribution >= 0.6 is 0 Å². The van der Waals surface area contributed by atoms with Gasteiger partial charge in [0.15, 0.2) is 0 Å². The Kier molecular flexibility index (Phi) is 7.39. The summed E-state index contributed by atoms with van der Waals surface area (Å²) >= 11 is 0. The van der Waals surface area contributed by atoms with Crippen LogP contribution in [0.4, 0.5) is 18.0 Å². The Bertz CT molecular complexity index is 677. The van der Waals surface area contributed by atoms with E-state index < -0.39 is 21.2 Å². The van der Waals surface area contributed by atoms with E-state index in [1.807, 2.05) is 0 Å². The number of halogens is 3. The van der Waals surface area contributed by atoms with Crippen molar-refractivity contribution in [1.82, 2.24) is 4.90 Å². The van der Waals surface area contributed by atoms with Gasteiger partial charge in [0.1, 0.15) is 11.4 Å². The minimum absolute atomic E-state index is 0. The van der Waals surface area contributed by atoms with Gasteiger partial charge in [0.25, 0.3) is 0 Å². The van der Waals surface area contributed by atoms with E-state index in [1.54, 1.807) is 25.7 Å². The first kappa shape index (κ1) is 24.2. The number of alkyl halides is 3. The number of rotatable bonds is 2. The van der Waals surface area contributed by atoms with Gasteiger partial charge >= 0.3 is 21.7 Å². The molecule has 151 valence electrons. The van der Waals surface area contributed by atoms with E-state index in [9.17, 15) is 26.4 Å². The first-order valence-electron chi connectivity index (χ1n) is 8.41. The largest absolute Gasteiger partial charge is 0.534 e. The van der Waals surface area contributed by atoms with Crippen molar-refractivity contribution in [2.45, 2.75) is 64.0 Å². The number of ether oxygens (including phenoxy) is 1. The van der Waals surface area contributed by atoms with E-state index in [4.69, 9.17) is 4.74 Å². The number of carbonyl (C=O) groups excluding carboxylic acids is 1. The molecule has 27 heavy (non-hydrogen) atoms. The Morgan fingerprint density at radius 2 is 1.70 bits per heavy atom. The standard InChI is InChI=1S/C16H24F3NO5S.Li/c1-14(2,3)24-13(21)20-10-8-15(9-11-20)6-4-12(5-7-15)25-26(22,23)16(17,18)19;/h4H,5-11H2,1-3H3;. The molecule has 11 heteroatoms. The van der Waals surface area contributed by atoms with Crippen molar-refractivity contribution in [3.05, 3.63) is 11.8 Å². The number of amides is 1. The molecule has 0 atom stereocenters. The van der Waals surface area contributed by atoms with Crippen molar-refractivity contribution in [2.75, 3.05) is 13.1 Å². The van der Waals surface area contributed by atoms with E-state index in [2.05, 4.69) is 4.18 Å². The molecule has 1 spiro atoms. The van der Waals surface area contributed by atoms with Crippen molar-refractivity contribution in [3.8, 4) is 0 Å². The molecular weight excluding hydrogens is 382 g/mol. The SMILES string of the molecule is CC(C)(C)OC(=O)N1CCC2(CC=C(OS(=O)(=O)C(F)(F)F)CC2)CC1.[Li]. The van der Waals surface area contributed by atoms with Crippen LogP contribution in [0.5, 0.6) is 0 Å². The third-order valence-corrected chi connectivity index (χ3v) is 5.64. The third kappa shape index (κ3) is 6.33. The van der Waals surface area contributed by atoms with E-state index >= 15 is 0 Å². The fourth-order valence-corrected chi connectivity index (χ4v) is 3.66. The minimum atomic E-state index is -5.61. The molecule has 0 aromatic heterocycles. The van der Waals surface area contributed by atoms with Crippen molar-refractivity contribution < 1.29 is 35.3 Å². The predicted molar refractivity (Wildman–Crippen MR) is 93.2 cm³/mol. The van der Waals surface area contributed by atoms with E-state index in [1.165, 1.54) is 6.08 Å². The molecule has 2 rings (SSSR count). The molecule has 1 radical (unpaired) electrons. The maximum absolute atomic E-state index is 12.4. The second-order valence-electron chi connectivity index (χ2n) is 7.83. The van der Waals surface area contributed by atoms with Crippen LogP contribution in [-0.4, -0.2) is 62.5 Å². The molecule has 0 aromatic rings. The average Bonchev–Trinajstić information content (AvgIpc) is 2.47. The number of carbonyl (C=O) groups is 1. The van der Waals surface area contributed by atoms with Crippen molar-refractivity contribution >= 4 is 35.1 Å². The zero-order chi connectivity index (χ0) is 19.8. The Morgan fingerprint density at radius 3 is 2.11 bits per heavy atom. The van der Waals surface area contributed by atoms with Gasteiger partial charge in [0.2, 0.25) is 0 Å². The number of allylic oxidation sites excluding steroid dienone is 2. The summed E-state index contributed by atoms with van der Waals surface area (Å²) < 4.78 is 68.9. The molecule has 0 aromatic carbocycles. The van der Waals surface area contributed by atoms with Gasteiger partial charge in [-0.15, -0.1) is 0 Å². The summed E-state index contributed by atoms with van der Waals surface area (Å²) in [6, 6.07) is 0. The molecule has 0 bridgehead atoms. The summed E-state index contributed by atoms with van der Waals surface area (Å²) in [6.07, 6.45) is 3.49. The molecule has 0 saturated carbocycles. The Labute approximate surface area is 169 Å². The van der Waals surface area contributed by atoms with Crippen LogP contribution in [0.2, 0.25) is 0 Å². The summed E-state index contributed by atoms with van der Waals surface area (Å²) in [5.41, 5.74) is -6.15. The number of hydrogen-bond acceptors (Lipinski definition) is 5. The van der Waals surface area contributed by atoms with Crippen molar-refractivity contribution in [3.63, 3.8) is 0 Å². The van der Waals surface area contributed by atoms with Gasteiger partial charge in [-0.05, 0) is 57.9 Å². The normalized spacial score (nSPS) is 20.5. The Morgan fingerprint density at radius 1 is 1.15 bits per heavy atom. The Balaban J connectivity index is 0.00000364. The van der Waals surface area contributed by atoms with Gasteiger partial charge in [-0.3, -0.25) is 0 Å². The summed E-state index contributed by atoms with van der Waals surface area (Å²) in [6.45, 7) is 6.37. The fraction of sp³-hybridized carbons (Fsp3) is 0.812. The van der Waals surface area contributed by atoms with Crippen LogP contribution in [0, 0.1) is 5.41 Å². The molecule has 2 aliphatic rings.